The number of rotatable bonds is 5. The van der Waals surface area contributed by atoms with Crippen LogP contribution in [0, 0.1) is 11.7 Å². The van der Waals surface area contributed by atoms with Crippen molar-refractivity contribution in [1.82, 2.24) is 5.32 Å². The van der Waals surface area contributed by atoms with E-state index in [1.54, 1.807) is 29.2 Å². The Labute approximate surface area is 187 Å². The first-order valence-corrected chi connectivity index (χ1v) is 11.1. The first-order chi connectivity index (χ1) is 15.3. The average molecular weight is 438 g/mol. The number of hydrogen-bond donors (Lipinski definition) is 2. The van der Waals surface area contributed by atoms with Gasteiger partial charge in [0.05, 0.1) is 0 Å². The van der Waals surface area contributed by atoms with Crippen molar-refractivity contribution >= 4 is 29.1 Å². The van der Waals surface area contributed by atoms with Crippen LogP contribution >= 0.6 is 0 Å². The van der Waals surface area contributed by atoms with E-state index in [0.717, 1.165) is 42.5 Å². The molecule has 168 valence electrons. The van der Waals surface area contributed by atoms with Crippen molar-refractivity contribution in [3.8, 4) is 0 Å². The maximum atomic E-state index is 13.2. The fraction of sp³-hybridized carbons (Fsp3) is 0.400. The van der Waals surface area contributed by atoms with E-state index < -0.39 is 11.8 Å². The van der Waals surface area contributed by atoms with Gasteiger partial charge in [0.25, 0.3) is 0 Å². The Hall–Kier alpha value is -3.22. The van der Waals surface area contributed by atoms with E-state index in [-0.39, 0.29) is 23.1 Å². The summed E-state index contributed by atoms with van der Waals surface area (Å²) in [7, 11) is 0. The van der Waals surface area contributed by atoms with E-state index in [1.807, 2.05) is 19.9 Å². The Bertz CT molecular complexity index is 1040. The Balaban J connectivity index is 1.40. The van der Waals surface area contributed by atoms with Gasteiger partial charge in [-0.15, -0.1) is 0 Å². The van der Waals surface area contributed by atoms with Crippen molar-refractivity contribution in [2.24, 2.45) is 5.92 Å². The van der Waals surface area contributed by atoms with Gasteiger partial charge < -0.3 is 15.5 Å². The second kappa shape index (κ2) is 8.73. The number of halogens is 1. The number of anilines is 2. The summed E-state index contributed by atoms with van der Waals surface area (Å²) in [5.74, 6) is -1.85. The molecule has 1 aliphatic carbocycles. The summed E-state index contributed by atoms with van der Waals surface area (Å²) >= 11 is 0. The molecule has 2 aliphatic rings. The highest BCUT2D eigenvalue weighted by molar-refractivity contribution is 6.39. The Kier molecular flexibility index (Phi) is 6.00. The van der Waals surface area contributed by atoms with Gasteiger partial charge >= 0.3 is 11.8 Å². The minimum Gasteiger partial charge on any atom is -0.347 e. The van der Waals surface area contributed by atoms with Gasteiger partial charge in [0, 0.05) is 35.8 Å². The lowest BCUT2D eigenvalue weighted by molar-refractivity contribution is -0.136. The molecule has 2 N–H and O–H groups in total. The summed E-state index contributed by atoms with van der Waals surface area (Å²) in [6.45, 7) is 4.70. The van der Waals surface area contributed by atoms with Crippen molar-refractivity contribution in [1.29, 1.82) is 0 Å². The molecule has 2 aromatic rings. The molecule has 0 spiro atoms. The number of fused-ring (bicyclic) bond motifs is 1. The monoisotopic (exact) mass is 437 g/mol. The minimum absolute atomic E-state index is 0.0442. The molecule has 1 fully saturated rings. The van der Waals surface area contributed by atoms with E-state index in [2.05, 4.69) is 10.6 Å². The number of aryl methyl sites for hydroxylation is 1. The van der Waals surface area contributed by atoms with Gasteiger partial charge in [0.2, 0.25) is 5.91 Å². The highest BCUT2D eigenvalue weighted by atomic mass is 19.1. The smallest absolute Gasteiger partial charge is 0.313 e. The second-order valence-corrected chi connectivity index (χ2v) is 9.02. The topological polar surface area (TPSA) is 78.5 Å². The van der Waals surface area contributed by atoms with Crippen molar-refractivity contribution in [3.05, 3.63) is 59.4 Å². The number of amides is 3. The summed E-state index contributed by atoms with van der Waals surface area (Å²) < 4.78 is 13.2. The molecule has 1 aliphatic heterocycles. The average Bonchev–Trinajstić information content (AvgIpc) is 3.58. The van der Waals surface area contributed by atoms with Crippen LogP contribution in [0.1, 0.15) is 44.2 Å². The first-order valence-electron chi connectivity index (χ1n) is 11.1. The van der Waals surface area contributed by atoms with Crippen LogP contribution in [-0.4, -0.2) is 30.8 Å². The van der Waals surface area contributed by atoms with Crippen LogP contribution in [0.4, 0.5) is 15.8 Å². The predicted molar refractivity (Wildman–Crippen MR) is 121 cm³/mol. The highest BCUT2D eigenvalue weighted by Gasteiger charge is 2.44. The number of carbonyl (C=O) groups excluding carboxylic acids is 3. The summed E-state index contributed by atoms with van der Waals surface area (Å²) in [5, 5.41) is 5.36. The summed E-state index contributed by atoms with van der Waals surface area (Å²) in [6, 6.07) is 11.7. The number of nitrogens with one attached hydrogen (secondary N) is 2. The molecular weight excluding hydrogens is 409 g/mol. The molecule has 0 saturated heterocycles. The molecule has 32 heavy (non-hydrogen) atoms. The second-order valence-electron chi connectivity index (χ2n) is 9.02. The molecule has 1 saturated carbocycles. The molecule has 0 bridgehead atoms. The third-order valence-electron chi connectivity index (χ3n) is 6.33. The SMILES string of the molecule is CC(C)C(=O)N1CCCc2ccc(NC(=O)C(=O)NCC3(c4ccc(F)cc4)CC3)cc21. The van der Waals surface area contributed by atoms with Crippen LogP contribution < -0.4 is 15.5 Å². The zero-order valence-electron chi connectivity index (χ0n) is 18.4. The fourth-order valence-corrected chi connectivity index (χ4v) is 4.23. The van der Waals surface area contributed by atoms with Crippen molar-refractivity contribution in [3.63, 3.8) is 0 Å². The van der Waals surface area contributed by atoms with Crippen LogP contribution in [0.15, 0.2) is 42.5 Å². The van der Waals surface area contributed by atoms with E-state index in [0.29, 0.717) is 18.8 Å². The molecule has 7 heteroatoms. The zero-order chi connectivity index (χ0) is 22.9. The van der Waals surface area contributed by atoms with Gasteiger partial charge in [-0.1, -0.05) is 32.0 Å². The first kappa shape index (κ1) is 22.0. The molecule has 0 unspecified atom stereocenters. The number of carbonyl (C=O) groups is 3. The Morgan fingerprint density at radius 1 is 1.06 bits per heavy atom. The Morgan fingerprint density at radius 3 is 2.44 bits per heavy atom. The van der Waals surface area contributed by atoms with Crippen LogP contribution in [0.5, 0.6) is 0 Å². The van der Waals surface area contributed by atoms with E-state index in [1.165, 1.54) is 12.1 Å². The lowest BCUT2D eigenvalue weighted by Crippen LogP contribution is -2.40. The normalized spacial score (nSPS) is 16.3. The van der Waals surface area contributed by atoms with Gasteiger partial charge in [0.1, 0.15) is 5.82 Å². The van der Waals surface area contributed by atoms with Crippen LogP contribution in [-0.2, 0) is 26.2 Å². The number of benzene rings is 2. The van der Waals surface area contributed by atoms with E-state index >= 15 is 0 Å². The van der Waals surface area contributed by atoms with Gasteiger partial charge in [0.15, 0.2) is 0 Å². The van der Waals surface area contributed by atoms with Crippen LogP contribution in [0.3, 0.4) is 0 Å². The molecule has 4 rings (SSSR count). The Morgan fingerprint density at radius 2 is 1.78 bits per heavy atom. The molecular formula is C25H28FN3O3. The maximum Gasteiger partial charge on any atom is 0.313 e. The molecule has 0 aromatic heterocycles. The van der Waals surface area contributed by atoms with E-state index in [4.69, 9.17) is 0 Å². The van der Waals surface area contributed by atoms with Gasteiger partial charge in [-0.3, -0.25) is 14.4 Å². The predicted octanol–water partition coefficient (Wildman–Crippen LogP) is 3.55. The molecule has 2 aromatic carbocycles. The number of hydrogen-bond acceptors (Lipinski definition) is 3. The van der Waals surface area contributed by atoms with Gasteiger partial charge in [-0.25, -0.2) is 4.39 Å². The third-order valence-corrected chi connectivity index (χ3v) is 6.33. The molecule has 0 atom stereocenters. The lowest BCUT2D eigenvalue weighted by Gasteiger charge is -2.31. The quantitative estimate of drug-likeness (QED) is 0.703. The van der Waals surface area contributed by atoms with Gasteiger partial charge in [-0.2, -0.15) is 0 Å². The van der Waals surface area contributed by atoms with Crippen molar-refractivity contribution in [2.75, 3.05) is 23.3 Å². The van der Waals surface area contributed by atoms with Crippen LogP contribution in [0.2, 0.25) is 0 Å². The third kappa shape index (κ3) is 4.52. The zero-order valence-corrected chi connectivity index (χ0v) is 18.4. The summed E-state index contributed by atoms with van der Waals surface area (Å²) in [5.41, 5.74) is 3.06. The number of nitrogens with zero attached hydrogens (tertiary/aromatic N) is 1. The maximum absolute atomic E-state index is 13.2. The van der Waals surface area contributed by atoms with E-state index in [9.17, 15) is 18.8 Å². The fourth-order valence-electron chi connectivity index (χ4n) is 4.23. The standard InChI is InChI=1S/C25H28FN3O3/c1-16(2)24(32)29-13-3-4-17-5-10-20(14-21(17)29)28-23(31)22(30)27-15-25(11-12-25)18-6-8-19(26)9-7-18/h5-10,14,16H,3-4,11-13,15H2,1-2H3,(H,27,30)(H,28,31). The highest BCUT2D eigenvalue weighted by Crippen LogP contribution is 2.47. The summed E-state index contributed by atoms with van der Waals surface area (Å²) in [4.78, 5) is 39.2. The molecule has 1 heterocycles. The van der Waals surface area contributed by atoms with Gasteiger partial charge in [-0.05, 0) is 61.1 Å². The largest absolute Gasteiger partial charge is 0.347 e. The molecule has 6 nitrogen and oxygen atoms in total. The molecule has 3 amide bonds. The van der Waals surface area contributed by atoms with Crippen molar-refractivity contribution < 1.29 is 18.8 Å². The minimum atomic E-state index is -0.752. The van der Waals surface area contributed by atoms with Crippen LogP contribution in [0.25, 0.3) is 0 Å². The lowest BCUT2D eigenvalue weighted by atomic mass is 9.96. The molecule has 0 radical (unpaired) electrons. The summed E-state index contributed by atoms with van der Waals surface area (Å²) in [6.07, 6.45) is 3.53. The van der Waals surface area contributed by atoms with Crippen molar-refractivity contribution in [2.45, 2.75) is 44.9 Å².